The summed E-state index contributed by atoms with van der Waals surface area (Å²) in [6, 6.07) is 0.231. The molecule has 14 nitrogen and oxygen atoms in total. The standard InChI is InChI=1S/C19H29ClN5O9PS/c1-19(35(28,29)30,9-36(2,31)32)33-8-12-13(26)14(27)17(34-12)25-16-11(7-21-25)15(23-18(20)24-16)22-10-5-3-4-6-10/h7,10,12-14,17,26-27H,3-6,8-9H2,1-2H3,(H,22,23,24)(H2,28,29,30)/t12-,13-,14-,17-,19?/m1/s1. The minimum Gasteiger partial charge on any atom is -0.387 e. The van der Waals surface area contributed by atoms with Gasteiger partial charge in [-0.2, -0.15) is 15.1 Å². The van der Waals surface area contributed by atoms with Crippen molar-refractivity contribution in [2.75, 3.05) is 23.9 Å². The Bertz CT molecular complexity index is 1270. The molecule has 2 fully saturated rings. The lowest BCUT2D eigenvalue weighted by Gasteiger charge is -2.31. The first-order valence-corrected chi connectivity index (χ1v) is 15.3. The van der Waals surface area contributed by atoms with E-state index >= 15 is 0 Å². The number of anilines is 1. The van der Waals surface area contributed by atoms with Crippen LogP contribution in [0.15, 0.2) is 6.20 Å². The molecular formula is C19H29ClN5O9PS. The van der Waals surface area contributed by atoms with Gasteiger partial charge in [0.15, 0.2) is 27.1 Å². The molecule has 0 radical (unpaired) electrons. The summed E-state index contributed by atoms with van der Waals surface area (Å²) in [6.45, 7) is 0.345. The van der Waals surface area contributed by atoms with Crippen LogP contribution in [0.2, 0.25) is 5.28 Å². The number of hydrogen-bond donors (Lipinski definition) is 5. The Morgan fingerprint density at radius 3 is 2.56 bits per heavy atom. The molecule has 0 bridgehead atoms. The average Bonchev–Trinajstić information content (AvgIpc) is 3.46. The smallest absolute Gasteiger partial charge is 0.357 e. The molecule has 5 atom stereocenters. The molecule has 2 aliphatic rings. The summed E-state index contributed by atoms with van der Waals surface area (Å²) in [5.41, 5.74) is 0.241. The molecule has 0 aromatic carbocycles. The van der Waals surface area contributed by atoms with Crippen molar-refractivity contribution < 1.29 is 42.5 Å². The highest BCUT2D eigenvalue weighted by atomic mass is 35.5. The van der Waals surface area contributed by atoms with Gasteiger partial charge in [-0.25, -0.2) is 13.1 Å². The molecule has 1 saturated heterocycles. The first kappa shape index (κ1) is 27.6. The summed E-state index contributed by atoms with van der Waals surface area (Å²) < 4.78 is 47.7. The molecule has 1 saturated carbocycles. The Balaban J connectivity index is 1.56. The number of hydrogen-bond acceptors (Lipinski definition) is 11. The third-order valence-electron chi connectivity index (χ3n) is 6.41. The molecule has 3 heterocycles. The summed E-state index contributed by atoms with van der Waals surface area (Å²) >= 11 is 6.13. The van der Waals surface area contributed by atoms with Gasteiger partial charge in [0.25, 0.3) is 0 Å². The van der Waals surface area contributed by atoms with Gasteiger partial charge in [-0.05, 0) is 31.4 Å². The molecule has 1 unspecified atom stereocenters. The lowest BCUT2D eigenvalue weighted by Crippen LogP contribution is -2.41. The molecule has 1 aliphatic heterocycles. The number of ether oxygens (including phenoxy) is 2. The zero-order valence-electron chi connectivity index (χ0n) is 19.6. The second-order valence-corrected chi connectivity index (χ2v) is 14.0. The maximum atomic E-state index is 12.0. The van der Waals surface area contributed by atoms with Crippen LogP contribution in [0.5, 0.6) is 0 Å². The molecule has 0 amide bonds. The van der Waals surface area contributed by atoms with Gasteiger partial charge < -0.3 is 34.8 Å². The molecule has 2 aromatic heterocycles. The van der Waals surface area contributed by atoms with Gasteiger partial charge in [0, 0.05) is 12.3 Å². The second-order valence-electron chi connectivity index (χ2n) is 9.44. The number of aromatic nitrogens is 4. The summed E-state index contributed by atoms with van der Waals surface area (Å²) in [5, 5.41) is 26.9. The number of halogens is 1. The van der Waals surface area contributed by atoms with E-state index < -0.39 is 59.7 Å². The lowest BCUT2D eigenvalue weighted by atomic mass is 10.1. The highest BCUT2D eigenvalue weighted by molar-refractivity contribution is 7.91. The van der Waals surface area contributed by atoms with Gasteiger partial charge in [-0.3, -0.25) is 4.57 Å². The second kappa shape index (κ2) is 10.0. The SMILES string of the molecule is CC(CS(C)(=O)=O)(OC[C@H]1O[C@@H](n2ncc3c(NC4CCCC4)nc(Cl)nc32)[C@H](O)[C@@H]1O)P(=O)(O)O. The van der Waals surface area contributed by atoms with Crippen LogP contribution in [0.4, 0.5) is 5.82 Å². The Morgan fingerprint density at radius 2 is 1.94 bits per heavy atom. The number of rotatable bonds is 9. The van der Waals surface area contributed by atoms with Crippen molar-refractivity contribution in [3.63, 3.8) is 0 Å². The summed E-state index contributed by atoms with van der Waals surface area (Å²) in [4.78, 5) is 27.8. The molecule has 17 heteroatoms. The minimum absolute atomic E-state index is 0.0594. The molecule has 1 aliphatic carbocycles. The van der Waals surface area contributed by atoms with Gasteiger partial charge >= 0.3 is 7.60 Å². The van der Waals surface area contributed by atoms with E-state index in [1.165, 1.54) is 10.9 Å². The van der Waals surface area contributed by atoms with E-state index in [9.17, 15) is 33.0 Å². The van der Waals surface area contributed by atoms with Crippen LogP contribution in [0.25, 0.3) is 11.0 Å². The van der Waals surface area contributed by atoms with E-state index in [0.29, 0.717) is 11.2 Å². The summed E-state index contributed by atoms with van der Waals surface area (Å²) in [6.07, 6.45) is 0.921. The summed E-state index contributed by atoms with van der Waals surface area (Å²) in [7, 11) is -8.89. The van der Waals surface area contributed by atoms with Gasteiger partial charge in [-0.1, -0.05) is 12.8 Å². The fraction of sp³-hybridized carbons (Fsp3) is 0.737. The van der Waals surface area contributed by atoms with E-state index in [1.54, 1.807) is 0 Å². The van der Waals surface area contributed by atoms with Crippen molar-refractivity contribution in [2.45, 2.75) is 68.5 Å². The fourth-order valence-electron chi connectivity index (χ4n) is 4.49. The van der Waals surface area contributed by atoms with Gasteiger partial charge in [-0.15, -0.1) is 0 Å². The van der Waals surface area contributed by atoms with Crippen molar-refractivity contribution >= 4 is 45.9 Å². The van der Waals surface area contributed by atoms with Gasteiger partial charge in [0.05, 0.1) is 23.9 Å². The van der Waals surface area contributed by atoms with Crippen molar-refractivity contribution in [1.29, 1.82) is 0 Å². The van der Waals surface area contributed by atoms with E-state index in [4.69, 9.17) is 21.1 Å². The molecule has 5 N–H and O–H groups in total. The van der Waals surface area contributed by atoms with Crippen LogP contribution in [-0.2, 0) is 23.9 Å². The largest absolute Gasteiger partial charge is 0.387 e. The minimum atomic E-state index is -5.05. The maximum Gasteiger partial charge on any atom is 0.357 e. The predicted octanol–water partition coefficient (Wildman–Crippen LogP) is 0.408. The molecule has 202 valence electrons. The maximum absolute atomic E-state index is 12.0. The molecule has 0 spiro atoms. The van der Waals surface area contributed by atoms with Crippen LogP contribution >= 0.6 is 19.2 Å². The Kier molecular flexibility index (Phi) is 7.70. The van der Waals surface area contributed by atoms with Crippen LogP contribution in [0, 0.1) is 0 Å². The molecule has 2 aromatic rings. The number of nitrogens with one attached hydrogen (secondary N) is 1. The highest BCUT2D eigenvalue weighted by Crippen LogP contribution is 2.52. The zero-order valence-corrected chi connectivity index (χ0v) is 22.0. The van der Waals surface area contributed by atoms with E-state index in [0.717, 1.165) is 38.9 Å². The van der Waals surface area contributed by atoms with Crippen molar-refractivity contribution in [2.24, 2.45) is 0 Å². The number of aliphatic hydroxyl groups is 2. The molecular weight excluding hydrogens is 541 g/mol. The fourth-order valence-corrected chi connectivity index (χ4v) is 7.33. The molecule has 36 heavy (non-hydrogen) atoms. The van der Waals surface area contributed by atoms with Crippen LogP contribution < -0.4 is 5.32 Å². The summed E-state index contributed by atoms with van der Waals surface area (Å²) in [5.74, 6) is -0.482. The topological polar surface area (TPSA) is 206 Å². The third kappa shape index (κ3) is 5.69. The lowest BCUT2D eigenvalue weighted by molar-refractivity contribution is -0.0899. The van der Waals surface area contributed by atoms with Crippen LogP contribution in [0.1, 0.15) is 38.8 Å². The van der Waals surface area contributed by atoms with E-state index in [1.807, 2.05) is 0 Å². The number of sulfone groups is 1. The first-order valence-electron chi connectivity index (χ1n) is 11.2. The van der Waals surface area contributed by atoms with Crippen molar-refractivity contribution in [3.05, 3.63) is 11.5 Å². The zero-order chi connectivity index (χ0) is 26.5. The number of nitrogens with zero attached hydrogens (tertiary/aromatic N) is 4. The molecule has 4 rings (SSSR count). The number of aliphatic hydroxyl groups excluding tert-OH is 2. The Hall–Kier alpha value is -1.42. The van der Waals surface area contributed by atoms with Crippen LogP contribution in [0.3, 0.4) is 0 Å². The first-order chi connectivity index (χ1) is 16.7. The van der Waals surface area contributed by atoms with Crippen LogP contribution in [-0.4, -0.2) is 96.5 Å². The van der Waals surface area contributed by atoms with Crippen molar-refractivity contribution in [1.82, 2.24) is 19.7 Å². The predicted molar refractivity (Wildman–Crippen MR) is 128 cm³/mol. The third-order valence-corrected chi connectivity index (χ3v) is 9.38. The highest BCUT2D eigenvalue weighted by Gasteiger charge is 2.50. The Labute approximate surface area is 212 Å². The monoisotopic (exact) mass is 569 g/mol. The van der Waals surface area contributed by atoms with Gasteiger partial charge in [0.2, 0.25) is 5.28 Å². The quantitative estimate of drug-likeness (QED) is 0.205. The normalized spacial score (nSPS) is 27.5. The van der Waals surface area contributed by atoms with E-state index in [-0.39, 0.29) is 17.0 Å². The van der Waals surface area contributed by atoms with Gasteiger partial charge in [0.1, 0.15) is 24.1 Å². The van der Waals surface area contributed by atoms with E-state index in [2.05, 4.69) is 20.4 Å². The average molecular weight is 570 g/mol. The number of fused-ring (bicyclic) bond motifs is 1. The Morgan fingerprint density at radius 1 is 1.28 bits per heavy atom. The van der Waals surface area contributed by atoms with Crippen molar-refractivity contribution in [3.8, 4) is 0 Å².